The first-order valence-corrected chi connectivity index (χ1v) is 11.9. The number of pyridine rings is 1. The van der Waals surface area contributed by atoms with E-state index >= 15 is 0 Å². The summed E-state index contributed by atoms with van der Waals surface area (Å²) >= 11 is 1.69. The van der Waals surface area contributed by atoms with E-state index < -0.39 is 5.76 Å². The van der Waals surface area contributed by atoms with Crippen molar-refractivity contribution >= 4 is 35.1 Å². The Morgan fingerprint density at radius 2 is 1.88 bits per heavy atom. The minimum absolute atomic E-state index is 0.0809. The molecule has 1 fully saturated rings. The van der Waals surface area contributed by atoms with E-state index in [2.05, 4.69) is 11.4 Å². The van der Waals surface area contributed by atoms with Crippen LogP contribution >= 0.6 is 23.5 Å². The number of benzene rings is 2. The number of aromatic nitrogens is 1. The molecule has 8 heteroatoms. The van der Waals surface area contributed by atoms with Crippen LogP contribution in [0, 0.1) is 11.3 Å². The van der Waals surface area contributed by atoms with Gasteiger partial charge in [0.05, 0.1) is 11.3 Å². The normalized spacial score (nSPS) is 13.1. The molecule has 0 unspecified atom stereocenters. The lowest BCUT2D eigenvalue weighted by atomic mass is 10.0. The van der Waals surface area contributed by atoms with Gasteiger partial charge in [0.25, 0.3) is 5.76 Å². The summed E-state index contributed by atoms with van der Waals surface area (Å²) in [5.74, 6) is -2.26. The molecule has 4 rings (SSSR count). The summed E-state index contributed by atoms with van der Waals surface area (Å²) in [6.45, 7) is 0. The number of carbonyl (C=O) groups excluding carboxylic acids is 1. The Morgan fingerprint density at radius 3 is 2.50 bits per heavy atom. The van der Waals surface area contributed by atoms with E-state index in [1.54, 1.807) is 24.3 Å². The van der Waals surface area contributed by atoms with Crippen molar-refractivity contribution in [3.63, 3.8) is 0 Å². The molecule has 1 heterocycles. The van der Waals surface area contributed by atoms with Crippen LogP contribution < -0.4 is 5.32 Å². The van der Waals surface area contributed by atoms with Gasteiger partial charge < -0.3 is 5.32 Å². The predicted octanol–water partition coefficient (Wildman–Crippen LogP) is 6.54. The number of halogens is 2. The number of nitrogens with one attached hydrogen (secondary N) is 1. The number of alkyl halides is 2. The highest BCUT2D eigenvalue weighted by Gasteiger charge is 2.27. The molecule has 4 nitrogen and oxygen atoms in total. The number of hydrogen-bond acceptors (Lipinski definition) is 5. The molecule has 32 heavy (non-hydrogen) atoms. The van der Waals surface area contributed by atoms with Gasteiger partial charge in [-0.05, 0) is 48.7 Å². The van der Waals surface area contributed by atoms with Gasteiger partial charge in [0.1, 0.15) is 11.1 Å². The number of amides is 1. The van der Waals surface area contributed by atoms with E-state index in [0.29, 0.717) is 38.9 Å². The first kappa shape index (κ1) is 22.3. The van der Waals surface area contributed by atoms with Gasteiger partial charge in [-0.25, -0.2) is 4.98 Å². The molecule has 0 atom stereocenters. The Bertz CT molecular complexity index is 1140. The van der Waals surface area contributed by atoms with Crippen molar-refractivity contribution in [1.29, 1.82) is 5.26 Å². The fraction of sp³-hybridized carbons (Fsp3) is 0.208. The maximum atomic E-state index is 12.5. The molecule has 1 N–H and O–H groups in total. The molecule has 1 amide bonds. The largest absolute Gasteiger partial charge is 0.325 e. The van der Waals surface area contributed by atoms with Crippen LogP contribution in [0.3, 0.4) is 0 Å². The summed E-state index contributed by atoms with van der Waals surface area (Å²) < 4.78 is 24.9. The molecule has 0 aliphatic heterocycles. The number of anilines is 1. The quantitative estimate of drug-likeness (QED) is 0.381. The summed E-state index contributed by atoms with van der Waals surface area (Å²) in [6, 6.07) is 20.2. The minimum atomic E-state index is -2.49. The second-order valence-corrected chi connectivity index (χ2v) is 9.29. The average molecular weight is 468 g/mol. The molecule has 162 valence electrons. The third-order valence-corrected chi connectivity index (χ3v) is 6.60. The van der Waals surface area contributed by atoms with Crippen LogP contribution in [0.4, 0.5) is 14.5 Å². The van der Waals surface area contributed by atoms with E-state index in [9.17, 15) is 18.8 Å². The highest BCUT2D eigenvalue weighted by Crippen LogP contribution is 2.42. The van der Waals surface area contributed by atoms with Crippen LogP contribution in [0.1, 0.15) is 30.0 Å². The molecular formula is C24H19F2N3OS2. The summed E-state index contributed by atoms with van der Waals surface area (Å²) in [4.78, 5) is 17.6. The smallest absolute Gasteiger partial charge is 0.288 e. The Balaban J connectivity index is 1.49. The average Bonchev–Trinajstić information content (AvgIpc) is 3.64. The number of carbonyl (C=O) groups is 1. The number of rotatable bonds is 8. The summed E-state index contributed by atoms with van der Waals surface area (Å²) in [7, 11) is 0. The Hall–Kier alpha value is -2.89. The molecule has 3 aromatic rings. The second-order valence-electron chi connectivity index (χ2n) is 7.27. The number of thioether (sulfide) groups is 2. The van der Waals surface area contributed by atoms with Gasteiger partial charge in [-0.3, -0.25) is 4.79 Å². The molecule has 0 spiro atoms. The second kappa shape index (κ2) is 10.2. The molecule has 2 aromatic carbocycles. The molecule has 0 saturated heterocycles. The molecule has 1 saturated carbocycles. The Kier molecular flexibility index (Phi) is 7.08. The lowest BCUT2D eigenvalue weighted by Crippen LogP contribution is -2.14. The van der Waals surface area contributed by atoms with Gasteiger partial charge in [-0.2, -0.15) is 14.0 Å². The lowest BCUT2D eigenvalue weighted by Gasteiger charge is -2.12. The van der Waals surface area contributed by atoms with Gasteiger partial charge in [0.2, 0.25) is 5.91 Å². The fourth-order valence-corrected chi connectivity index (χ4v) is 4.55. The molecular weight excluding hydrogens is 448 g/mol. The third-order valence-electron chi connectivity index (χ3n) is 4.90. The van der Waals surface area contributed by atoms with Gasteiger partial charge in [-0.15, -0.1) is 0 Å². The van der Waals surface area contributed by atoms with Crippen LogP contribution in [0.15, 0.2) is 70.6 Å². The van der Waals surface area contributed by atoms with Crippen molar-refractivity contribution in [3.05, 3.63) is 71.9 Å². The van der Waals surface area contributed by atoms with Crippen molar-refractivity contribution in [2.24, 2.45) is 0 Å². The summed E-state index contributed by atoms with van der Waals surface area (Å²) in [5, 5.41) is 13.1. The SMILES string of the molecule is N#Cc1c(-c2ccccc2)cc(C2CC2)nc1SCC(=O)Nc1ccc(SC(F)F)cc1. The number of nitrogens with zero attached hydrogens (tertiary/aromatic N) is 2. The highest BCUT2D eigenvalue weighted by atomic mass is 32.2. The van der Waals surface area contributed by atoms with Crippen molar-refractivity contribution in [3.8, 4) is 17.2 Å². The first-order valence-electron chi connectivity index (χ1n) is 10.0. The standard InChI is InChI=1S/C24H19F2N3OS2/c25-24(26)32-18-10-8-17(9-11-18)28-22(30)14-31-23-20(13-27)19(15-4-2-1-3-5-15)12-21(29-23)16-6-7-16/h1-5,8-12,16,24H,6-7,14H2,(H,28,30). The summed E-state index contributed by atoms with van der Waals surface area (Å²) in [6.07, 6.45) is 2.16. The number of nitriles is 1. The van der Waals surface area contributed by atoms with Gasteiger partial charge in [-0.1, -0.05) is 53.9 Å². The zero-order chi connectivity index (χ0) is 22.5. The highest BCUT2D eigenvalue weighted by molar-refractivity contribution is 8.00. The van der Waals surface area contributed by atoms with Crippen molar-refractivity contribution < 1.29 is 13.6 Å². The van der Waals surface area contributed by atoms with Gasteiger partial charge in [0, 0.05) is 27.8 Å². The molecule has 1 aliphatic rings. The van der Waals surface area contributed by atoms with Crippen molar-refractivity contribution in [1.82, 2.24) is 4.98 Å². The van der Waals surface area contributed by atoms with Crippen LogP contribution in [-0.4, -0.2) is 22.4 Å². The maximum Gasteiger partial charge on any atom is 0.288 e. The Morgan fingerprint density at radius 1 is 1.16 bits per heavy atom. The van der Waals surface area contributed by atoms with E-state index in [4.69, 9.17) is 4.98 Å². The predicted molar refractivity (Wildman–Crippen MR) is 124 cm³/mol. The van der Waals surface area contributed by atoms with E-state index in [1.807, 2.05) is 36.4 Å². The molecule has 0 radical (unpaired) electrons. The van der Waals surface area contributed by atoms with Gasteiger partial charge in [0.15, 0.2) is 0 Å². The van der Waals surface area contributed by atoms with Crippen LogP contribution in [0.2, 0.25) is 0 Å². The van der Waals surface area contributed by atoms with Crippen LogP contribution in [0.25, 0.3) is 11.1 Å². The topological polar surface area (TPSA) is 65.8 Å². The summed E-state index contributed by atoms with van der Waals surface area (Å²) in [5.41, 5.74) is 3.73. The Labute approximate surface area is 193 Å². The van der Waals surface area contributed by atoms with E-state index in [-0.39, 0.29) is 11.7 Å². The molecule has 1 aromatic heterocycles. The van der Waals surface area contributed by atoms with Crippen LogP contribution in [0.5, 0.6) is 0 Å². The first-order chi connectivity index (χ1) is 15.5. The zero-order valence-electron chi connectivity index (χ0n) is 16.9. The van der Waals surface area contributed by atoms with Crippen LogP contribution in [-0.2, 0) is 4.79 Å². The number of hydrogen-bond donors (Lipinski definition) is 1. The minimum Gasteiger partial charge on any atom is -0.325 e. The van der Waals surface area contributed by atoms with Gasteiger partial charge >= 0.3 is 0 Å². The molecule has 0 bridgehead atoms. The van der Waals surface area contributed by atoms with Crippen molar-refractivity contribution in [2.75, 3.05) is 11.1 Å². The van der Waals surface area contributed by atoms with E-state index in [0.717, 1.165) is 29.7 Å². The maximum absolute atomic E-state index is 12.5. The van der Waals surface area contributed by atoms with Crippen molar-refractivity contribution in [2.45, 2.75) is 34.4 Å². The molecule has 1 aliphatic carbocycles. The third kappa shape index (κ3) is 5.67. The fourth-order valence-electron chi connectivity index (χ4n) is 3.24. The zero-order valence-corrected chi connectivity index (χ0v) is 18.6. The van der Waals surface area contributed by atoms with E-state index in [1.165, 1.54) is 11.8 Å². The monoisotopic (exact) mass is 467 g/mol. The lowest BCUT2D eigenvalue weighted by molar-refractivity contribution is -0.113.